The third kappa shape index (κ3) is 3.41. The SMILES string of the molecule is CCC(CC1CC1)Nc1ccc(C(=O)O)nn1. The minimum atomic E-state index is -1.05. The number of carbonyl (C=O) groups is 1. The van der Waals surface area contributed by atoms with Gasteiger partial charge in [0.15, 0.2) is 5.69 Å². The predicted octanol–water partition coefficient (Wildman–Crippen LogP) is 2.17. The highest BCUT2D eigenvalue weighted by Crippen LogP contribution is 2.34. The average molecular weight is 235 g/mol. The van der Waals surface area contributed by atoms with Crippen molar-refractivity contribution in [3.63, 3.8) is 0 Å². The van der Waals surface area contributed by atoms with Gasteiger partial charge in [0.05, 0.1) is 0 Å². The van der Waals surface area contributed by atoms with Crippen molar-refractivity contribution in [1.29, 1.82) is 0 Å². The van der Waals surface area contributed by atoms with E-state index in [9.17, 15) is 4.79 Å². The van der Waals surface area contributed by atoms with Crippen molar-refractivity contribution >= 4 is 11.8 Å². The zero-order valence-corrected chi connectivity index (χ0v) is 9.89. The van der Waals surface area contributed by atoms with E-state index in [1.807, 2.05) is 0 Å². The van der Waals surface area contributed by atoms with E-state index in [0.29, 0.717) is 11.9 Å². The molecule has 0 radical (unpaired) electrons. The molecule has 0 bridgehead atoms. The molecule has 2 N–H and O–H groups in total. The Bertz CT molecular complexity index is 387. The summed E-state index contributed by atoms with van der Waals surface area (Å²) in [6.07, 6.45) is 4.88. The van der Waals surface area contributed by atoms with Gasteiger partial charge in [-0.1, -0.05) is 19.8 Å². The van der Waals surface area contributed by atoms with Gasteiger partial charge in [0, 0.05) is 6.04 Å². The van der Waals surface area contributed by atoms with Crippen molar-refractivity contribution < 1.29 is 9.90 Å². The van der Waals surface area contributed by atoms with E-state index in [1.54, 1.807) is 6.07 Å². The lowest BCUT2D eigenvalue weighted by molar-refractivity contribution is 0.0689. The molecule has 1 aliphatic rings. The van der Waals surface area contributed by atoms with Gasteiger partial charge in [-0.15, -0.1) is 10.2 Å². The maximum atomic E-state index is 10.6. The molecule has 0 spiro atoms. The molecule has 92 valence electrons. The van der Waals surface area contributed by atoms with Crippen LogP contribution in [0.4, 0.5) is 5.82 Å². The van der Waals surface area contributed by atoms with Crippen LogP contribution in [0.5, 0.6) is 0 Å². The lowest BCUT2D eigenvalue weighted by atomic mass is 10.1. The molecule has 1 atom stereocenters. The summed E-state index contributed by atoms with van der Waals surface area (Å²) in [4.78, 5) is 10.6. The Kier molecular flexibility index (Phi) is 3.56. The molecule has 0 amide bonds. The molecule has 1 aliphatic carbocycles. The molecular formula is C12H17N3O2. The van der Waals surface area contributed by atoms with E-state index in [2.05, 4.69) is 22.4 Å². The lowest BCUT2D eigenvalue weighted by Crippen LogP contribution is -2.20. The Labute approximate surface area is 100 Å². The minimum Gasteiger partial charge on any atom is -0.476 e. The highest BCUT2D eigenvalue weighted by Gasteiger charge is 2.24. The van der Waals surface area contributed by atoms with Gasteiger partial charge in [0.25, 0.3) is 0 Å². The van der Waals surface area contributed by atoms with Crippen LogP contribution in [0.1, 0.15) is 43.1 Å². The Morgan fingerprint density at radius 3 is 2.76 bits per heavy atom. The zero-order valence-electron chi connectivity index (χ0n) is 9.89. The van der Waals surface area contributed by atoms with Gasteiger partial charge in [0.1, 0.15) is 5.82 Å². The number of aromatic nitrogens is 2. The van der Waals surface area contributed by atoms with Crippen LogP contribution in [-0.4, -0.2) is 27.3 Å². The zero-order chi connectivity index (χ0) is 12.3. The van der Waals surface area contributed by atoms with E-state index in [1.165, 1.54) is 25.3 Å². The normalized spacial score (nSPS) is 16.5. The van der Waals surface area contributed by atoms with E-state index >= 15 is 0 Å². The number of anilines is 1. The number of nitrogens with zero attached hydrogens (tertiary/aromatic N) is 2. The number of nitrogens with one attached hydrogen (secondary N) is 1. The van der Waals surface area contributed by atoms with Crippen molar-refractivity contribution in [2.45, 2.75) is 38.6 Å². The molecule has 1 aromatic rings. The Morgan fingerprint density at radius 2 is 2.29 bits per heavy atom. The summed E-state index contributed by atoms with van der Waals surface area (Å²) in [5, 5.41) is 19.5. The molecule has 0 saturated heterocycles. The average Bonchev–Trinajstić information content (AvgIpc) is 3.13. The summed E-state index contributed by atoms with van der Waals surface area (Å²) in [6, 6.07) is 3.56. The first-order valence-electron chi connectivity index (χ1n) is 6.02. The Morgan fingerprint density at radius 1 is 1.53 bits per heavy atom. The van der Waals surface area contributed by atoms with Crippen LogP contribution in [0.25, 0.3) is 0 Å². The topological polar surface area (TPSA) is 75.1 Å². The fourth-order valence-electron chi connectivity index (χ4n) is 1.82. The largest absolute Gasteiger partial charge is 0.476 e. The van der Waals surface area contributed by atoms with Gasteiger partial charge in [0.2, 0.25) is 0 Å². The van der Waals surface area contributed by atoms with E-state index in [-0.39, 0.29) is 5.69 Å². The number of carboxylic acid groups (broad SMARTS) is 1. The van der Waals surface area contributed by atoms with Crippen LogP contribution in [0.15, 0.2) is 12.1 Å². The highest BCUT2D eigenvalue weighted by molar-refractivity contribution is 5.85. The fourth-order valence-corrected chi connectivity index (χ4v) is 1.82. The molecule has 0 aromatic carbocycles. The first kappa shape index (κ1) is 11.8. The smallest absolute Gasteiger partial charge is 0.356 e. The summed E-state index contributed by atoms with van der Waals surface area (Å²) in [5.74, 6) is 0.468. The van der Waals surface area contributed by atoms with Crippen LogP contribution in [-0.2, 0) is 0 Å². The maximum Gasteiger partial charge on any atom is 0.356 e. The molecule has 1 fully saturated rings. The van der Waals surface area contributed by atoms with Crippen molar-refractivity contribution in [3.8, 4) is 0 Å². The van der Waals surface area contributed by atoms with Crippen LogP contribution in [0.3, 0.4) is 0 Å². The fraction of sp³-hybridized carbons (Fsp3) is 0.583. The molecule has 2 rings (SSSR count). The summed E-state index contributed by atoms with van der Waals surface area (Å²) in [5.41, 5.74) is -0.0224. The summed E-state index contributed by atoms with van der Waals surface area (Å²) >= 11 is 0. The minimum absolute atomic E-state index is 0.0224. The maximum absolute atomic E-state index is 10.6. The second kappa shape index (κ2) is 5.12. The van der Waals surface area contributed by atoms with E-state index < -0.39 is 5.97 Å². The summed E-state index contributed by atoms with van der Waals surface area (Å²) in [6.45, 7) is 2.14. The van der Waals surface area contributed by atoms with Crippen LogP contribution in [0.2, 0.25) is 0 Å². The molecule has 1 saturated carbocycles. The van der Waals surface area contributed by atoms with Crippen molar-refractivity contribution in [2.75, 3.05) is 5.32 Å². The van der Waals surface area contributed by atoms with Gasteiger partial charge in [-0.2, -0.15) is 0 Å². The molecule has 5 heteroatoms. The first-order chi connectivity index (χ1) is 8.19. The quantitative estimate of drug-likeness (QED) is 0.790. The van der Waals surface area contributed by atoms with Crippen molar-refractivity contribution in [1.82, 2.24) is 10.2 Å². The standard InChI is InChI=1S/C12H17N3O2/c1-2-9(7-8-3-4-8)13-11-6-5-10(12(16)17)14-15-11/h5-6,8-9H,2-4,7H2,1H3,(H,13,15)(H,16,17). The van der Waals surface area contributed by atoms with Crippen molar-refractivity contribution in [3.05, 3.63) is 17.8 Å². The Balaban J connectivity index is 1.94. The second-order valence-corrected chi connectivity index (χ2v) is 4.54. The van der Waals surface area contributed by atoms with E-state index in [4.69, 9.17) is 5.11 Å². The Hall–Kier alpha value is -1.65. The van der Waals surface area contributed by atoms with Crippen LogP contribution >= 0.6 is 0 Å². The highest BCUT2D eigenvalue weighted by atomic mass is 16.4. The van der Waals surface area contributed by atoms with Crippen LogP contribution < -0.4 is 5.32 Å². The molecule has 1 unspecified atom stereocenters. The number of rotatable bonds is 6. The van der Waals surface area contributed by atoms with Crippen molar-refractivity contribution in [2.24, 2.45) is 5.92 Å². The van der Waals surface area contributed by atoms with Gasteiger partial charge < -0.3 is 10.4 Å². The lowest BCUT2D eigenvalue weighted by Gasteiger charge is -2.16. The van der Waals surface area contributed by atoms with E-state index in [0.717, 1.165) is 12.3 Å². The molecule has 0 aliphatic heterocycles. The predicted molar refractivity (Wildman–Crippen MR) is 64.0 cm³/mol. The van der Waals surface area contributed by atoms with Gasteiger partial charge in [-0.25, -0.2) is 4.79 Å². The van der Waals surface area contributed by atoms with Gasteiger partial charge >= 0.3 is 5.97 Å². The molecular weight excluding hydrogens is 218 g/mol. The van der Waals surface area contributed by atoms with Gasteiger partial charge in [-0.3, -0.25) is 0 Å². The first-order valence-corrected chi connectivity index (χ1v) is 6.02. The summed E-state index contributed by atoms with van der Waals surface area (Å²) in [7, 11) is 0. The summed E-state index contributed by atoms with van der Waals surface area (Å²) < 4.78 is 0. The molecule has 17 heavy (non-hydrogen) atoms. The number of hydrogen-bond donors (Lipinski definition) is 2. The third-order valence-electron chi connectivity index (χ3n) is 3.04. The monoisotopic (exact) mass is 235 g/mol. The second-order valence-electron chi connectivity index (χ2n) is 4.54. The molecule has 1 aromatic heterocycles. The van der Waals surface area contributed by atoms with Gasteiger partial charge in [-0.05, 0) is 30.9 Å². The number of hydrogen-bond acceptors (Lipinski definition) is 4. The molecule has 1 heterocycles. The third-order valence-corrected chi connectivity index (χ3v) is 3.04. The number of aromatic carboxylic acids is 1. The number of carboxylic acids is 1. The van der Waals surface area contributed by atoms with Crippen LogP contribution in [0, 0.1) is 5.92 Å². The molecule has 5 nitrogen and oxygen atoms in total.